The molecule has 14 heavy (non-hydrogen) atoms. The molecule has 0 atom stereocenters. The Kier molecular flexibility index (Phi) is 6.44. The van der Waals surface area contributed by atoms with E-state index >= 15 is 0 Å². The third kappa shape index (κ3) is 5.90. The minimum Gasteiger partial charge on any atom is -0.330 e. The van der Waals surface area contributed by atoms with Gasteiger partial charge in [0.1, 0.15) is 0 Å². The summed E-state index contributed by atoms with van der Waals surface area (Å²) in [7, 11) is 0. The molecule has 0 radical (unpaired) electrons. The van der Waals surface area contributed by atoms with Gasteiger partial charge in [-0.25, -0.2) is 9.68 Å². The largest absolute Gasteiger partial charge is 0.330 e. The first-order valence-electron chi connectivity index (χ1n) is 4.84. The molecule has 84 valence electrons. The Hall–Kier alpha value is -0.650. The SMILES string of the molecule is CC(C)ON(OC(C)C)C(=O)CCN. The molecule has 0 rings (SSSR count). The fraction of sp³-hybridized carbons (Fsp3) is 0.889. The fourth-order valence-electron chi connectivity index (χ4n) is 0.740. The second-order valence-electron chi connectivity index (χ2n) is 3.50. The van der Waals surface area contributed by atoms with Gasteiger partial charge in [0.2, 0.25) is 0 Å². The Balaban J connectivity index is 4.15. The monoisotopic (exact) mass is 204 g/mol. The average molecular weight is 204 g/mol. The van der Waals surface area contributed by atoms with Gasteiger partial charge in [0, 0.05) is 13.0 Å². The summed E-state index contributed by atoms with van der Waals surface area (Å²) < 4.78 is 0. The molecule has 2 N–H and O–H groups in total. The quantitative estimate of drug-likeness (QED) is 0.651. The van der Waals surface area contributed by atoms with Crippen LogP contribution in [0.15, 0.2) is 0 Å². The van der Waals surface area contributed by atoms with Crippen molar-refractivity contribution in [2.24, 2.45) is 5.73 Å². The summed E-state index contributed by atoms with van der Waals surface area (Å²) in [4.78, 5) is 21.8. The summed E-state index contributed by atoms with van der Waals surface area (Å²) in [5.41, 5.74) is 5.27. The van der Waals surface area contributed by atoms with Crippen LogP contribution in [0.4, 0.5) is 0 Å². The van der Waals surface area contributed by atoms with E-state index in [0.29, 0.717) is 0 Å². The summed E-state index contributed by atoms with van der Waals surface area (Å²) in [5.74, 6) is -0.255. The summed E-state index contributed by atoms with van der Waals surface area (Å²) in [6.07, 6.45) is 0.0188. The van der Waals surface area contributed by atoms with Crippen LogP contribution in [0, 0.1) is 0 Å². The van der Waals surface area contributed by atoms with Crippen LogP contribution in [0.3, 0.4) is 0 Å². The third-order valence-corrected chi connectivity index (χ3v) is 1.17. The molecule has 0 saturated carbocycles. The minimum atomic E-state index is -0.255. The molecule has 0 heterocycles. The molecule has 0 saturated heterocycles. The predicted molar refractivity (Wildman–Crippen MR) is 53.0 cm³/mol. The maximum Gasteiger partial charge on any atom is 0.274 e. The van der Waals surface area contributed by atoms with Crippen LogP contribution in [0.1, 0.15) is 34.1 Å². The van der Waals surface area contributed by atoms with Gasteiger partial charge in [-0.2, -0.15) is 0 Å². The minimum absolute atomic E-state index is 0.101. The number of hydrogen-bond donors (Lipinski definition) is 1. The van der Waals surface area contributed by atoms with Crippen molar-refractivity contribution in [3.05, 3.63) is 0 Å². The lowest BCUT2D eigenvalue weighted by Gasteiger charge is -2.24. The fourth-order valence-corrected chi connectivity index (χ4v) is 0.740. The highest BCUT2D eigenvalue weighted by Gasteiger charge is 2.17. The molecule has 1 amide bonds. The van der Waals surface area contributed by atoms with E-state index in [0.717, 1.165) is 5.23 Å². The number of nitrogens with two attached hydrogens (primary N) is 1. The molecule has 0 aromatic rings. The molecule has 0 fully saturated rings. The lowest BCUT2D eigenvalue weighted by atomic mass is 10.4. The smallest absolute Gasteiger partial charge is 0.274 e. The molecule has 0 aliphatic heterocycles. The molecular weight excluding hydrogens is 184 g/mol. The number of hydroxylamine groups is 2. The van der Waals surface area contributed by atoms with Crippen LogP contribution >= 0.6 is 0 Å². The topological polar surface area (TPSA) is 64.8 Å². The highest BCUT2D eigenvalue weighted by molar-refractivity contribution is 5.74. The van der Waals surface area contributed by atoms with Crippen molar-refractivity contribution >= 4 is 5.91 Å². The number of carbonyl (C=O) groups is 1. The van der Waals surface area contributed by atoms with E-state index in [1.807, 2.05) is 27.7 Å². The standard InChI is InChI=1S/C9H20N2O3/c1-7(2)13-11(14-8(3)4)9(12)5-6-10/h7-8H,5-6,10H2,1-4H3. The molecule has 0 unspecified atom stereocenters. The van der Waals surface area contributed by atoms with Gasteiger partial charge in [-0.05, 0) is 27.7 Å². The van der Waals surface area contributed by atoms with Gasteiger partial charge in [-0.3, -0.25) is 4.79 Å². The zero-order valence-corrected chi connectivity index (χ0v) is 9.32. The Bertz CT molecular complexity index is 161. The maximum atomic E-state index is 11.4. The van der Waals surface area contributed by atoms with Gasteiger partial charge >= 0.3 is 0 Å². The van der Waals surface area contributed by atoms with E-state index in [1.54, 1.807) is 0 Å². The summed E-state index contributed by atoms with van der Waals surface area (Å²) >= 11 is 0. The van der Waals surface area contributed by atoms with Crippen molar-refractivity contribution in [3.63, 3.8) is 0 Å². The Morgan fingerprint density at radius 2 is 1.64 bits per heavy atom. The predicted octanol–water partition coefficient (Wildman–Crippen LogP) is 0.844. The van der Waals surface area contributed by atoms with E-state index in [2.05, 4.69) is 0 Å². The zero-order valence-electron chi connectivity index (χ0n) is 9.32. The molecule has 0 spiro atoms. The van der Waals surface area contributed by atoms with E-state index in [1.165, 1.54) is 0 Å². The molecule has 0 aromatic carbocycles. The van der Waals surface area contributed by atoms with Crippen LogP contribution < -0.4 is 5.73 Å². The molecule has 5 nitrogen and oxygen atoms in total. The van der Waals surface area contributed by atoms with Crippen LogP contribution in [0.2, 0.25) is 0 Å². The molecule has 5 heteroatoms. The number of hydrogen-bond acceptors (Lipinski definition) is 4. The van der Waals surface area contributed by atoms with Crippen molar-refractivity contribution in [2.75, 3.05) is 6.54 Å². The van der Waals surface area contributed by atoms with Crippen LogP contribution in [-0.4, -0.2) is 29.9 Å². The lowest BCUT2D eigenvalue weighted by Crippen LogP contribution is -2.36. The average Bonchev–Trinajstić information content (AvgIpc) is 2.01. The maximum absolute atomic E-state index is 11.4. The Morgan fingerprint density at radius 3 is 1.93 bits per heavy atom. The molecule has 0 aliphatic carbocycles. The first kappa shape index (κ1) is 13.4. The van der Waals surface area contributed by atoms with Gasteiger partial charge in [-0.15, -0.1) is 0 Å². The van der Waals surface area contributed by atoms with Crippen molar-refractivity contribution < 1.29 is 14.5 Å². The second-order valence-corrected chi connectivity index (χ2v) is 3.50. The number of nitrogens with zero attached hydrogens (tertiary/aromatic N) is 1. The number of amides is 1. The highest BCUT2D eigenvalue weighted by Crippen LogP contribution is 2.04. The molecule has 0 bridgehead atoms. The summed E-state index contributed by atoms with van der Waals surface area (Å²) in [6.45, 7) is 7.59. The van der Waals surface area contributed by atoms with Crippen LogP contribution in [-0.2, 0) is 14.5 Å². The summed E-state index contributed by atoms with van der Waals surface area (Å²) in [6, 6.07) is 0. The normalized spacial score (nSPS) is 11.1. The zero-order chi connectivity index (χ0) is 11.1. The van der Waals surface area contributed by atoms with Crippen molar-refractivity contribution in [1.29, 1.82) is 0 Å². The first-order valence-corrected chi connectivity index (χ1v) is 4.84. The Labute approximate surface area is 85.1 Å². The molecule has 0 aromatic heterocycles. The van der Waals surface area contributed by atoms with Gasteiger partial charge in [0.25, 0.3) is 5.91 Å². The van der Waals surface area contributed by atoms with E-state index in [4.69, 9.17) is 15.4 Å². The van der Waals surface area contributed by atoms with Crippen molar-refractivity contribution in [3.8, 4) is 0 Å². The van der Waals surface area contributed by atoms with E-state index in [-0.39, 0.29) is 31.1 Å². The number of carbonyl (C=O) groups excluding carboxylic acids is 1. The van der Waals surface area contributed by atoms with Gasteiger partial charge in [0.05, 0.1) is 12.2 Å². The third-order valence-electron chi connectivity index (χ3n) is 1.17. The molecular formula is C9H20N2O3. The molecule has 0 aliphatic rings. The first-order chi connectivity index (χ1) is 6.47. The van der Waals surface area contributed by atoms with Crippen LogP contribution in [0.5, 0.6) is 0 Å². The van der Waals surface area contributed by atoms with Crippen molar-refractivity contribution in [1.82, 2.24) is 5.23 Å². The van der Waals surface area contributed by atoms with Gasteiger partial charge < -0.3 is 5.73 Å². The van der Waals surface area contributed by atoms with Crippen LogP contribution in [0.25, 0.3) is 0 Å². The second kappa shape index (κ2) is 6.75. The van der Waals surface area contributed by atoms with Crippen molar-refractivity contribution in [2.45, 2.75) is 46.3 Å². The van der Waals surface area contributed by atoms with E-state index in [9.17, 15) is 4.79 Å². The lowest BCUT2D eigenvalue weighted by molar-refractivity contribution is -0.367. The summed E-state index contributed by atoms with van der Waals surface area (Å²) in [5, 5.41) is 0.933. The highest BCUT2D eigenvalue weighted by atomic mass is 17.0. The van der Waals surface area contributed by atoms with E-state index < -0.39 is 0 Å². The van der Waals surface area contributed by atoms with Gasteiger partial charge in [-0.1, -0.05) is 5.23 Å². The van der Waals surface area contributed by atoms with Gasteiger partial charge in [0.15, 0.2) is 0 Å². The number of rotatable bonds is 6. The Morgan fingerprint density at radius 1 is 1.21 bits per heavy atom.